The average Bonchev–Trinajstić information content (AvgIpc) is 3.46. The van der Waals surface area contributed by atoms with Crippen molar-refractivity contribution >= 4 is 22.7 Å². The average molecular weight is 491 g/mol. The van der Waals surface area contributed by atoms with Gasteiger partial charge in [-0.2, -0.15) is 0 Å². The Morgan fingerprint density at radius 2 is 1.89 bits per heavy atom. The molecule has 2 aromatic carbocycles. The van der Waals surface area contributed by atoms with Gasteiger partial charge in [-0.1, -0.05) is 37.3 Å². The molecule has 1 atom stereocenters. The molecule has 3 heterocycles. The van der Waals surface area contributed by atoms with E-state index < -0.39 is 23.5 Å². The van der Waals surface area contributed by atoms with Crippen molar-refractivity contribution in [3.05, 3.63) is 77.3 Å². The number of carbonyl (C=O) groups is 2. The normalized spacial score (nSPS) is 18.9. The smallest absolute Gasteiger partial charge is 0.290 e. The van der Waals surface area contributed by atoms with Crippen LogP contribution in [-0.4, -0.2) is 72.6 Å². The van der Waals surface area contributed by atoms with E-state index in [0.29, 0.717) is 49.8 Å². The standard InChI is InChI=1S/C28H30N2O6/c1-2-14-35-21-8-5-7-20(17-21)25-24(26(31)23-18-19-6-3-4-9-22(19)36-23)27(32)28(33)30(25)11-10-29-12-15-34-16-13-29/h3-9,17-18,25,32H,2,10-16H2,1H3. The van der Waals surface area contributed by atoms with Gasteiger partial charge in [0.05, 0.1) is 31.4 Å². The Kier molecular flexibility index (Phi) is 7.06. The van der Waals surface area contributed by atoms with Crippen LogP contribution >= 0.6 is 0 Å². The molecule has 8 nitrogen and oxygen atoms in total. The summed E-state index contributed by atoms with van der Waals surface area (Å²) in [7, 11) is 0. The van der Waals surface area contributed by atoms with E-state index in [-0.39, 0.29) is 11.3 Å². The summed E-state index contributed by atoms with van der Waals surface area (Å²) in [6.07, 6.45) is 0.855. The van der Waals surface area contributed by atoms with Crippen LogP contribution in [0.1, 0.15) is 35.5 Å². The second kappa shape index (κ2) is 10.6. The molecule has 36 heavy (non-hydrogen) atoms. The number of ether oxygens (including phenoxy) is 2. The third kappa shape index (κ3) is 4.74. The maximum atomic E-state index is 13.7. The van der Waals surface area contributed by atoms with Crippen molar-refractivity contribution in [3.8, 4) is 5.75 Å². The number of aliphatic hydroxyl groups is 1. The van der Waals surface area contributed by atoms with Gasteiger partial charge in [0, 0.05) is 31.6 Å². The van der Waals surface area contributed by atoms with Crippen LogP contribution in [0.15, 0.2) is 70.3 Å². The first-order chi connectivity index (χ1) is 17.6. The van der Waals surface area contributed by atoms with Crippen LogP contribution in [0, 0.1) is 0 Å². The molecule has 5 rings (SSSR count). The largest absolute Gasteiger partial charge is 0.503 e. The Bertz CT molecular complexity index is 1260. The zero-order chi connectivity index (χ0) is 25.1. The fraction of sp³-hybridized carbons (Fsp3) is 0.357. The van der Waals surface area contributed by atoms with E-state index in [9.17, 15) is 14.7 Å². The van der Waals surface area contributed by atoms with Gasteiger partial charge in [0.1, 0.15) is 11.3 Å². The highest BCUT2D eigenvalue weighted by atomic mass is 16.5. The van der Waals surface area contributed by atoms with E-state index in [1.54, 1.807) is 17.0 Å². The van der Waals surface area contributed by atoms with Gasteiger partial charge < -0.3 is 23.9 Å². The minimum absolute atomic E-state index is 0.0219. The van der Waals surface area contributed by atoms with Crippen molar-refractivity contribution in [1.29, 1.82) is 0 Å². The second-order valence-corrected chi connectivity index (χ2v) is 9.02. The molecule has 8 heteroatoms. The van der Waals surface area contributed by atoms with Gasteiger partial charge in [-0.3, -0.25) is 14.5 Å². The minimum Gasteiger partial charge on any atom is -0.503 e. The van der Waals surface area contributed by atoms with Crippen molar-refractivity contribution in [3.63, 3.8) is 0 Å². The van der Waals surface area contributed by atoms with Crippen LogP contribution in [0.4, 0.5) is 0 Å². The second-order valence-electron chi connectivity index (χ2n) is 9.02. The number of ketones is 1. The molecule has 1 aromatic heterocycles. The van der Waals surface area contributed by atoms with Crippen molar-refractivity contribution < 1.29 is 28.6 Å². The maximum absolute atomic E-state index is 13.7. The third-order valence-corrected chi connectivity index (χ3v) is 6.61. The number of hydrogen-bond donors (Lipinski definition) is 1. The number of carbonyl (C=O) groups excluding carboxylic acids is 2. The van der Waals surface area contributed by atoms with Gasteiger partial charge >= 0.3 is 0 Å². The summed E-state index contributed by atoms with van der Waals surface area (Å²) in [5.74, 6) is -0.864. The highest BCUT2D eigenvalue weighted by Gasteiger charge is 2.44. The lowest BCUT2D eigenvalue weighted by Gasteiger charge is -2.31. The molecule has 0 bridgehead atoms. The fourth-order valence-corrected chi connectivity index (χ4v) is 4.76. The SMILES string of the molecule is CCCOc1cccc(C2C(C(=O)c3cc4ccccc4o3)=C(O)C(=O)N2CCN2CCOCC2)c1. The number of rotatable bonds is 9. The molecular weight excluding hydrogens is 460 g/mol. The lowest BCUT2D eigenvalue weighted by Crippen LogP contribution is -2.43. The summed E-state index contributed by atoms with van der Waals surface area (Å²) in [6.45, 7) is 6.38. The van der Waals surface area contributed by atoms with Crippen molar-refractivity contribution in [1.82, 2.24) is 9.80 Å². The van der Waals surface area contributed by atoms with Crippen LogP contribution in [0.3, 0.4) is 0 Å². The lowest BCUT2D eigenvalue weighted by atomic mass is 9.95. The van der Waals surface area contributed by atoms with Gasteiger partial charge in [0.2, 0.25) is 5.78 Å². The minimum atomic E-state index is -0.760. The lowest BCUT2D eigenvalue weighted by molar-refractivity contribution is -0.129. The van der Waals surface area contributed by atoms with E-state index in [4.69, 9.17) is 13.9 Å². The molecular formula is C28H30N2O6. The number of morpholine rings is 1. The zero-order valence-corrected chi connectivity index (χ0v) is 20.3. The maximum Gasteiger partial charge on any atom is 0.290 e. The summed E-state index contributed by atoms with van der Waals surface area (Å²) < 4.78 is 17.0. The summed E-state index contributed by atoms with van der Waals surface area (Å²) in [6, 6.07) is 15.6. The topological polar surface area (TPSA) is 92.5 Å². The molecule has 1 fully saturated rings. The molecule has 0 aliphatic carbocycles. The van der Waals surface area contributed by atoms with Crippen molar-refractivity contribution in [2.24, 2.45) is 0 Å². The van der Waals surface area contributed by atoms with Crippen molar-refractivity contribution in [2.75, 3.05) is 46.0 Å². The van der Waals surface area contributed by atoms with Gasteiger partial charge in [-0.15, -0.1) is 0 Å². The molecule has 0 radical (unpaired) electrons. The first kappa shape index (κ1) is 24.1. The number of benzene rings is 2. The molecule has 1 unspecified atom stereocenters. The number of fused-ring (bicyclic) bond motifs is 1. The summed E-state index contributed by atoms with van der Waals surface area (Å²) in [5.41, 5.74) is 1.29. The van der Waals surface area contributed by atoms with Crippen LogP contribution in [0.2, 0.25) is 0 Å². The Morgan fingerprint density at radius 1 is 1.08 bits per heavy atom. The number of Topliss-reactive ketones (excluding diaryl/α,β-unsaturated/α-hetero) is 1. The Hall–Kier alpha value is -3.62. The Morgan fingerprint density at radius 3 is 2.67 bits per heavy atom. The predicted octanol–water partition coefficient (Wildman–Crippen LogP) is 4.13. The predicted molar refractivity (Wildman–Crippen MR) is 134 cm³/mol. The van der Waals surface area contributed by atoms with E-state index in [1.807, 2.05) is 49.4 Å². The van der Waals surface area contributed by atoms with Gasteiger partial charge in [0.15, 0.2) is 11.5 Å². The van der Waals surface area contributed by atoms with Gasteiger partial charge in [-0.25, -0.2) is 0 Å². The number of para-hydroxylation sites is 1. The number of hydrogen-bond acceptors (Lipinski definition) is 7. The number of aliphatic hydroxyl groups excluding tert-OH is 1. The van der Waals surface area contributed by atoms with E-state index in [0.717, 1.165) is 24.9 Å². The van der Waals surface area contributed by atoms with Gasteiger partial charge in [0.25, 0.3) is 5.91 Å². The summed E-state index contributed by atoms with van der Waals surface area (Å²) in [4.78, 5) is 30.8. The molecule has 2 aliphatic heterocycles. The van der Waals surface area contributed by atoms with Crippen molar-refractivity contribution in [2.45, 2.75) is 19.4 Å². The molecule has 188 valence electrons. The van der Waals surface area contributed by atoms with Crippen LogP contribution in [-0.2, 0) is 9.53 Å². The van der Waals surface area contributed by atoms with Gasteiger partial charge in [-0.05, 0) is 36.2 Å². The van der Waals surface area contributed by atoms with E-state index >= 15 is 0 Å². The molecule has 1 saturated heterocycles. The molecule has 0 spiro atoms. The first-order valence-corrected chi connectivity index (χ1v) is 12.4. The molecule has 0 saturated carbocycles. The Balaban J connectivity index is 1.50. The monoisotopic (exact) mass is 490 g/mol. The van der Waals surface area contributed by atoms with E-state index in [1.165, 1.54) is 0 Å². The summed E-state index contributed by atoms with van der Waals surface area (Å²) in [5, 5.41) is 11.8. The zero-order valence-electron chi connectivity index (χ0n) is 20.3. The van der Waals surface area contributed by atoms with Crippen LogP contribution in [0.25, 0.3) is 11.0 Å². The first-order valence-electron chi connectivity index (χ1n) is 12.4. The molecule has 3 aromatic rings. The fourth-order valence-electron chi connectivity index (χ4n) is 4.76. The molecule has 1 N–H and O–H groups in total. The quantitative estimate of drug-likeness (QED) is 0.451. The van der Waals surface area contributed by atoms with Crippen LogP contribution in [0.5, 0.6) is 5.75 Å². The highest BCUT2D eigenvalue weighted by molar-refractivity contribution is 6.16. The molecule has 1 amide bonds. The number of amides is 1. The number of furan rings is 1. The van der Waals surface area contributed by atoms with E-state index in [2.05, 4.69) is 4.90 Å². The van der Waals surface area contributed by atoms with Crippen LogP contribution < -0.4 is 4.74 Å². The molecule has 2 aliphatic rings. The third-order valence-electron chi connectivity index (χ3n) is 6.61. The Labute approximate surface area is 209 Å². The number of nitrogens with zero attached hydrogens (tertiary/aromatic N) is 2. The highest BCUT2D eigenvalue weighted by Crippen LogP contribution is 2.40. The summed E-state index contributed by atoms with van der Waals surface area (Å²) >= 11 is 0.